The lowest BCUT2D eigenvalue weighted by Gasteiger charge is -2.34. The molecular formula is C15H32N2O. The quantitative estimate of drug-likeness (QED) is 0.621. The molecule has 1 rings (SSSR count). The van der Waals surface area contributed by atoms with E-state index in [0.717, 1.165) is 13.0 Å². The van der Waals surface area contributed by atoms with Crippen LogP contribution in [0.25, 0.3) is 0 Å². The number of nitrogens with zero attached hydrogens (tertiary/aromatic N) is 1. The second-order valence-corrected chi connectivity index (χ2v) is 5.95. The van der Waals surface area contributed by atoms with Crippen molar-refractivity contribution in [2.75, 3.05) is 33.8 Å². The molecule has 2 atom stereocenters. The van der Waals surface area contributed by atoms with Gasteiger partial charge in [-0.05, 0) is 58.8 Å². The molecule has 0 saturated heterocycles. The maximum atomic E-state index is 9.65. The number of hydrogen-bond acceptors (Lipinski definition) is 3. The van der Waals surface area contributed by atoms with Crippen LogP contribution in [-0.4, -0.2) is 49.3 Å². The van der Waals surface area contributed by atoms with Crippen molar-refractivity contribution in [3.63, 3.8) is 0 Å². The predicted molar refractivity (Wildman–Crippen MR) is 77.9 cm³/mol. The van der Waals surface area contributed by atoms with Crippen molar-refractivity contribution in [3.05, 3.63) is 0 Å². The Morgan fingerprint density at radius 2 is 2.11 bits per heavy atom. The van der Waals surface area contributed by atoms with E-state index < -0.39 is 0 Å². The molecule has 2 N–H and O–H groups in total. The maximum Gasteiger partial charge on any atom is 0.0615 e. The molecular weight excluding hydrogens is 224 g/mol. The Bertz CT molecular complexity index is 217. The lowest BCUT2D eigenvalue weighted by molar-refractivity contribution is 0.120. The minimum absolute atomic E-state index is 0.00422. The summed E-state index contributed by atoms with van der Waals surface area (Å²) >= 11 is 0. The average molecular weight is 256 g/mol. The molecule has 0 aliphatic heterocycles. The third-order valence-corrected chi connectivity index (χ3v) is 4.74. The second-order valence-electron chi connectivity index (χ2n) is 5.95. The van der Waals surface area contributed by atoms with Crippen molar-refractivity contribution in [2.45, 2.75) is 57.4 Å². The number of rotatable bonds is 9. The molecule has 108 valence electrons. The van der Waals surface area contributed by atoms with Gasteiger partial charge in [-0.25, -0.2) is 0 Å². The Balaban J connectivity index is 2.29. The lowest BCUT2D eigenvalue weighted by atomic mass is 9.85. The number of likely N-dealkylation sites (N-methyl/N-ethyl adjacent to an activating group) is 1. The molecule has 0 aromatic rings. The van der Waals surface area contributed by atoms with Crippen LogP contribution in [0.2, 0.25) is 0 Å². The van der Waals surface area contributed by atoms with Crippen molar-refractivity contribution in [2.24, 2.45) is 5.92 Å². The Hall–Kier alpha value is -0.120. The Kier molecular flexibility index (Phi) is 7.20. The molecule has 0 aromatic carbocycles. The van der Waals surface area contributed by atoms with Crippen LogP contribution in [0.15, 0.2) is 0 Å². The lowest BCUT2D eigenvalue weighted by Crippen LogP contribution is -2.50. The molecule has 3 nitrogen and oxygen atoms in total. The zero-order chi connectivity index (χ0) is 13.4. The first-order valence-electron chi connectivity index (χ1n) is 7.67. The highest BCUT2D eigenvalue weighted by Crippen LogP contribution is 2.37. The van der Waals surface area contributed by atoms with Crippen molar-refractivity contribution in [3.8, 4) is 0 Å². The van der Waals surface area contributed by atoms with Crippen LogP contribution in [0.1, 0.15) is 51.9 Å². The van der Waals surface area contributed by atoms with Crippen molar-refractivity contribution >= 4 is 0 Å². The molecule has 1 fully saturated rings. The molecule has 1 saturated carbocycles. The predicted octanol–water partition coefficient (Wildman–Crippen LogP) is 2.25. The minimum Gasteiger partial charge on any atom is -0.394 e. The number of unbranched alkanes of at least 4 members (excludes halogenated alkanes) is 2. The first kappa shape index (κ1) is 15.9. The summed E-state index contributed by atoms with van der Waals surface area (Å²) < 4.78 is 0. The Morgan fingerprint density at radius 3 is 2.72 bits per heavy atom. The highest BCUT2D eigenvalue weighted by atomic mass is 16.3. The number of aliphatic hydroxyl groups is 1. The topological polar surface area (TPSA) is 35.5 Å². The first-order chi connectivity index (χ1) is 8.68. The Labute approximate surface area is 113 Å². The fourth-order valence-corrected chi connectivity index (χ4v) is 3.30. The molecule has 0 aromatic heterocycles. The minimum atomic E-state index is 0.00422. The van der Waals surface area contributed by atoms with Crippen LogP contribution >= 0.6 is 0 Å². The van der Waals surface area contributed by atoms with Gasteiger partial charge in [-0.2, -0.15) is 0 Å². The molecule has 0 radical (unpaired) electrons. The highest BCUT2D eigenvalue weighted by Gasteiger charge is 2.40. The summed E-state index contributed by atoms with van der Waals surface area (Å²) in [6.07, 6.45) is 8.81. The van der Waals surface area contributed by atoms with Crippen LogP contribution in [0, 0.1) is 5.92 Å². The van der Waals surface area contributed by atoms with Gasteiger partial charge in [0, 0.05) is 5.54 Å². The first-order valence-corrected chi connectivity index (χ1v) is 7.67. The summed E-state index contributed by atoms with van der Waals surface area (Å²) in [5.74, 6) is 0.640. The van der Waals surface area contributed by atoms with Crippen molar-refractivity contribution < 1.29 is 5.11 Å². The van der Waals surface area contributed by atoms with E-state index in [2.05, 4.69) is 24.2 Å². The number of hydrogen-bond donors (Lipinski definition) is 2. The van der Waals surface area contributed by atoms with E-state index in [-0.39, 0.29) is 12.1 Å². The van der Waals surface area contributed by atoms with Gasteiger partial charge in [0.2, 0.25) is 0 Å². The van der Waals surface area contributed by atoms with Gasteiger partial charge in [-0.3, -0.25) is 0 Å². The van der Waals surface area contributed by atoms with Crippen molar-refractivity contribution in [1.29, 1.82) is 0 Å². The summed E-state index contributed by atoms with van der Waals surface area (Å²) in [6, 6.07) is 0. The van der Waals surface area contributed by atoms with E-state index in [1.807, 2.05) is 7.05 Å². The van der Waals surface area contributed by atoms with E-state index in [1.165, 1.54) is 45.1 Å². The van der Waals surface area contributed by atoms with Crippen molar-refractivity contribution in [1.82, 2.24) is 10.2 Å². The molecule has 0 bridgehead atoms. The fourth-order valence-electron chi connectivity index (χ4n) is 3.30. The largest absolute Gasteiger partial charge is 0.394 e. The third kappa shape index (κ3) is 4.22. The number of aliphatic hydroxyl groups excluding tert-OH is 1. The molecule has 3 heteroatoms. The average Bonchev–Trinajstić information content (AvgIpc) is 2.80. The van der Waals surface area contributed by atoms with Gasteiger partial charge in [-0.1, -0.05) is 26.2 Å². The summed E-state index contributed by atoms with van der Waals surface area (Å²) in [5.41, 5.74) is 0.00422. The SMILES string of the molecule is CCCCCN(C)CCC1CCCC1(CO)NC. The van der Waals surface area contributed by atoms with E-state index in [0.29, 0.717) is 5.92 Å². The maximum absolute atomic E-state index is 9.65. The van der Waals surface area contributed by atoms with Gasteiger partial charge in [0.05, 0.1) is 6.61 Å². The summed E-state index contributed by atoms with van der Waals surface area (Å²) in [5, 5.41) is 13.0. The third-order valence-electron chi connectivity index (χ3n) is 4.74. The van der Waals surface area contributed by atoms with Gasteiger partial charge >= 0.3 is 0 Å². The van der Waals surface area contributed by atoms with Gasteiger partial charge in [0.25, 0.3) is 0 Å². The highest BCUT2D eigenvalue weighted by molar-refractivity contribution is 4.98. The molecule has 1 aliphatic rings. The molecule has 1 aliphatic carbocycles. The van der Waals surface area contributed by atoms with E-state index in [4.69, 9.17) is 0 Å². The Morgan fingerprint density at radius 1 is 1.33 bits per heavy atom. The zero-order valence-corrected chi connectivity index (χ0v) is 12.5. The second kappa shape index (κ2) is 8.13. The van der Waals surface area contributed by atoms with Gasteiger partial charge < -0.3 is 15.3 Å². The van der Waals surface area contributed by atoms with Crippen LogP contribution in [0.4, 0.5) is 0 Å². The normalized spacial score (nSPS) is 28.2. The van der Waals surface area contributed by atoms with Crippen LogP contribution < -0.4 is 5.32 Å². The molecule has 0 amide bonds. The number of nitrogens with one attached hydrogen (secondary N) is 1. The molecule has 0 spiro atoms. The van der Waals surface area contributed by atoms with Gasteiger partial charge in [0.15, 0.2) is 0 Å². The van der Waals surface area contributed by atoms with E-state index in [9.17, 15) is 5.11 Å². The fraction of sp³-hybridized carbons (Fsp3) is 1.00. The summed E-state index contributed by atoms with van der Waals surface area (Å²) in [4.78, 5) is 2.45. The molecule has 0 heterocycles. The monoisotopic (exact) mass is 256 g/mol. The summed E-state index contributed by atoms with van der Waals surface area (Å²) in [6.45, 7) is 4.92. The van der Waals surface area contributed by atoms with E-state index in [1.54, 1.807) is 0 Å². The van der Waals surface area contributed by atoms with Crippen LogP contribution in [-0.2, 0) is 0 Å². The van der Waals surface area contributed by atoms with Gasteiger partial charge in [0.1, 0.15) is 0 Å². The zero-order valence-electron chi connectivity index (χ0n) is 12.5. The van der Waals surface area contributed by atoms with Gasteiger partial charge in [-0.15, -0.1) is 0 Å². The van der Waals surface area contributed by atoms with Crippen LogP contribution in [0.5, 0.6) is 0 Å². The molecule has 18 heavy (non-hydrogen) atoms. The summed E-state index contributed by atoms with van der Waals surface area (Å²) in [7, 11) is 4.23. The van der Waals surface area contributed by atoms with E-state index >= 15 is 0 Å². The standard InChI is InChI=1S/C15H32N2O/c1-4-5-6-11-17(3)12-9-14-8-7-10-15(14,13-18)16-2/h14,16,18H,4-13H2,1-3H3. The smallest absolute Gasteiger partial charge is 0.0615 e. The molecule has 2 unspecified atom stereocenters. The van der Waals surface area contributed by atoms with Crippen LogP contribution in [0.3, 0.4) is 0 Å².